The Hall–Kier alpha value is -4.32. The van der Waals surface area contributed by atoms with Gasteiger partial charge in [-0.15, -0.1) is 0 Å². The van der Waals surface area contributed by atoms with Crippen molar-refractivity contribution in [3.63, 3.8) is 0 Å². The van der Waals surface area contributed by atoms with E-state index in [0.29, 0.717) is 0 Å². The van der Waals surface area contributed by atoms with Gasteiger partial charge < -0.3 is 40.0 Å². The Morgan fingerprint density at radius 3 is 1.67 bits per heavy atom. The largest absolute Gasteiger partial charge is 0.480 e. The van der Waals surface area contributed by atoms with E-state index in [1.165, 1.54) is 0 Å². The summed E-state index contributed by atoms with van der Waals surface area (Å²) >= 11 is 0. The average molecular weight is 600 g/mol. The molecule has 4 N–H and O–H groups in total. The number of rotatable bonds is 11. The molecule has 1 aliphatic carbocycles. The van der Waals surface area contributed by atoms with Gasteiger partial charge in [0.1, 0.15) is 17.8 Å². The zero-order valence-electron chi connectivity index (χ0n) is 25.4. The van der Waals surface area contributed by atoms with E-state index in [0.717, 1.165) is 22.3 Å². The molecule has 0 unspecified atom stereocenters. The number of nitrogens with one attached hydrogen (secondary N) is 3. The molecule has 234 valence electrons. The zero-order chi connectivity index (χ0) is 31.8. The van der Waals surface area contributed by atoms with Crippen LogP contribution in [0.25, 0.3) is 11.1 Å². The molecule has 12 heteroatoms. The van der Waals surface area contributed by atoms with Gasteiger partial charge in [-0.1, -0.05) is 48.5 Å². The molecule has 0 aromatic heterocycles. The van der Waals surface area contributed by atoms with Crippen LogP contribution in [-0.2, 0) is 23.7 Å². The molecule has 2 aromatic carbocycles. The van der Waals surface area contributed by atoms with Crippen LogP contribution >= 0.6 is 0 Å². The predicted molar refractivity (Wildman–Crippen MR) is 158 cm³/mol. The molecule has 0 saturated carbocycles. The maximum Gasteiger partial charge on any atom is 0.407 e. The normalized spacial score (nSPS) is 13.4. The highest BCUT2D eigenvalue weighted by Gasteiger charge is 2.30. The van der Waals surface area contributed by atoms with Crippen molar-refractivity contribution >= 4 is 24.2 Å². The Balaban J connectivity index is 1.59. The second kappa shape index (κ2) is 14.2. The van der Waals surface area contributed by atoms with Gasteiger partial charge in [0.05, 0.1) is 12.7 Å². The molecule has 0 aliphatic heterocycles. The lowest BCUT2D eigenvalue weighted by atomic mass is 9.98. The van der Waals surface area contributed by atoms with E-state index in [4.69, 9.17) is 18.9 Å². The Morgan fingerprint density at radius 2 is 1.23 bits per heavy atom. The van der Waals surface area contributed by atoms with Crippen LogP contribution < -0.4 is 16.0 Å². The highest BCUT2D eigenvalue weighted by Crippen LogP contribution is 2.44. The second-order valence-corrected chi connectivity index (χ2v) is 12.1. The summed E-state index contributed by atoms with van der Waals surface area (Å²) < 4.78 is 21.6. The van der Waals surface area contributed by atoms with Gasteiger partial charge in [-0.25, -0.2) is 19.2 Å². The Bertz CT molecular complexity index is 1220. The summed E-state index contributed by atoms with van der Waals surface area (Å²) in [5, 5.41) is 17.1. The van der Waals surface area contributed by atoms with Crippen molar-refractivity contribution in [3.8, 4) is 11.1 Å². The molecule has 3 rings (SSSR count). The molecule has 2 aromatic rings. The zero-order valence-corrected chi connectivity index (χ0v) is 25.4. The van der Waals surface area contributed by atoms with Gasteiger partial charge in [-0.3, -0.25) is 0 Å². The SMILES string of the molecule is CC(C)(C)OC(=O)NCC(CNC(=O)OC(C)(C)C)OC[C@H](NC(=O)OCC1c2ccccc2-c2ccccc21)C(=O)O. The second-order valence-electron chi connectivity index (χ2n) is 12.1. The fourth-order valence-corrected chi connectivity index (χ4v) is 4.40. The highest BCUT2D eigenvalue weighted by atomic mass is 16.6. The number of ether oxygens (including phenoxy) is 4. The molecule has 0 spiro atoms. The number of aliphatic carboxylic acids is 1. The van der Waals surface area contributed by atoms with Gasteiger partial charge in [-0.05, 0) is 63.8 Å². The van der Waals surface area contributed by atoms with Gasteiger partial charge in [-0.2, -0.15) is 0 Å². The average Bonchev–Trinajstić information content (AvgIpc) is 3.22. The van der Waals surface area contributed by atoms with E-state index < -0.39 is 54.2 Å². The molecule has 1 aliphatic rings. The number of amides is 3. The lowest BCUT2D eigenvalue weighted by Crippen LogP contribution is -2.48. The minimum Gasteiger partial charge on any atom is -0.480 e. The number of alkyl carbamates (subject to hydrolysis) is 3. The first kappa shape index (κ1) is 33.2. The van der Waals surface area contributed by atoms with Crippen molar-refractivity contribution in [2.45, 2.75) is 70.8 Å². The summed E-state index contributed by atoms with van der Waals surface area (Å²) in [6.45, 7) is 9.52. The van der Waals surface area contributed by atoms with Crippen LogP contribution in [-0.4, -0.2) is 79.0 Å². The van der Waals surface area contributed by atoms with E-state index in [1.807, 2.05) is 48.5 Å². The van der Waals surface area contributed by atoms with Crippen molar-refractivity contribution < 1.29 is 43.2 Å². The van der Waals surface area contributed by atoms with Crippen LogP contribution in [0, 0.1) is 0 Å². The summed E-state index contributed by atoms with van der Waals surface area (Å²) in [4.78, 5) is 48.9. The number of benzene rings is 2. The molecule has 0 radical (unpaired) electrons. The first-order valence-corrected chi connectivity index (χ1v) is 14.0. The molecule has 43 heavy (non-hydrogen) atoms. The number of hydrogen-bond donors (Lipinski definition) is 4. The third-order valence-corrected chi connectivity index (χ3v) is 6.18. The minimum atomic E-state index is -1.47. The van der Waals surface area contributed by atoms with E-state index >= 15 is 0 Å². The van der Waals surface area contributed by atoms with Gasteiger partial charge in [0.2, 0.25) is 0 Å². The molecule has 12 nitrogen and oxygen atoms in total. The van der Waals surface area contributed by atoms with Crippen LogP contribution in [0.4, 0.5) is 14.4 Å². The predicted octanol–water partition coefficient (Wildman–Crippen LogP) is 4.41. The smallest absolute Gasteiger partial charge is 0.407 e. The van der Waals surface area contributed by atoms with Crippen LogP contribution in [0.1, 0.15) is 58.6 Å². The summed E-state index contributed by atoms with van der Waals surface area (Å²) in [6, 6.07) is 14.2. The molecule has 0 heterocycles. The van der Waals surface area contributed by atoms with Crippen molar-refractivity contribution in [1.82, 2.24) is 16.0 Å². The molecule has 0 saturated heterocycles. The Labute approximate surface area is 251 Å². The molecular weight excluding hydrogens is 558 g/mol. The summed E-state index contributed by atoms with van der Waals surface area (Å²) in [6.07, 6.45) is -3.24. The third-order valence-electron chi connectivity index (χ3n) is 6.18. The Kier molecular flexibility index (Phi) is 11.0. The van der Waals surface area contributed by atoms with Crippen molar-refractivity contribution in [3.05, 3.63) is 59.7 Å². The third kappa shape index (κ3) is 10.5. The molecule has 0 fully saturated rings. The number of carbonyl (C=O) groups excluding carboxylic acids is 3. The summed E-state index contributed by atoms with van der Waals surface area (Å²) in [7, 11) is 0. The van der Waals surface area contributed by atoms with Crippen molar-refractivity contribution in [2.24, 2.45) is 0 Å². The summed E-state index contributed by atoms with van der Waals surface area (Å²) in [5.41, 5.74) is 2.69. The van der Waals surface area contributed by atoms with Crippen molar-refractivity contribution in [2.75, 3.05) is 26.3 Å². The van der Waals surface area contributed by atoms with Crippen LogP contribution in [0.2, 0.25) is 0 Å². The van der Waals surface area contributed by atoms with Crippen LogP contribution in [0.15, 0.2) is 48.5 Å². The van der Waals surface area contributed by atoms with Gasteiger partial charge in [0.25, 0.3) is 0 Å². The highest BCUT2D eigenvalue weighted by molar-refractivity contribution is 5.81. The molecule has 3 amide bonds. The Morgan fingerprint density at radius 1 is 0.767 bits per heavy atom. The van der Waals surface area contributed by atoms with Gasteiger partial charge >= 0.3 is 24.2 Å². The fraction of sp³-hybridized carbons (Fsp3) is 0.484. The number of carboxylic acid groups (broad SMARTS) is 1. The van der Waals surface area contributed by atoms with E-state index in [2.05, 4.69) is 16.0 Å². The van der Waals surface area contributed by atoms with Crippen LogP contribution in [0.5, 0.6) is 0 Å². The maximum atomic E-state index is 12.7. The van der Waals surface area contributed by atoms with Gasteiger partial charge in [0.15, 0.2) is 6.04 Å². The lowest BCUT2D eigenvalue weighted by molar-refractivity contribution is -0.141. The maximum absolute atomic E-state index is 12.7. The molecular formula is C31H41N3O9. The summed E-state index contributed by atoms with van der Waals surface area (Å²) in [5.74, 6) is -1.55. The molecule has 1 atom stereocenters. The number of carboxylic acids is 1. The quantitative estimate of drug-likeness (QED) is 0.274. The van der Waals surface area contributed by atoms with E-state index in [9.17, 15) is 24.3 Å². The van der Waals surface area contributed by atoms with Crippen LogP contribution in [0.3, 0.4) is 0 Å². The first-order valence-electron chi connectivity index (χ1n) is 14.0. The molecule has 0 bridgehead atoms. The fourth-order valence-electron chi connectivity index (χ4n) is 4.40. The lowest BCUT2D eigenvalue weighted by Gasteiger charge is -2.25. The minimum absolute atomic E-state index is 0.00922. The number of fused-ring (bicyclic) bond motifs is 3. The standard InChI is InChI=1S/C31H41N3O9/c1-30(2,3)42-27(37)32-15-19(16-33-28(38)43-31(4,5)6)40-18-25(26(35)36)34-29(39)41-17-24-22-13-9-7-11-20(22)21-12-8-10-14-23(21)24/h7-14,19,24-25H,15-18H2,1-6H3,(H,32,37)(H,33,38)(H,34,39)(H,35,36)/t25-/m0/s1. The van der Waals surface area contributed by atoms with Crippen molar-refractivity contribution in [1.29, 1.82) is 0 Å². The number of hydrogen-bond acceptors (Lipinski definition) is 8. The first-order chi connectivity index (χ1) is 20.1. The van der Waals surface area contributed by atoms with E-state index in [-0.39, 0.29) is 25.6 Å². The van der Waals surface area contributed by atoms with E-state index in [1.54, 1.807) is 41.5 Å². The van der Waals surface area contributed by atoms with Gasteiger partial charge in [0, 0.05) is 19.0 Å². The topological polar surface area (TPSA) is 162 Å². The monoisotopic (exact) mass is 599 g/mol. The number of carbonyl (C=O) groups is 4.